The second kappa shape index (κ2) is 5.75. The van der Waals surface area contributed by atoms with Crippen LogP contribution in [0.5, 0.6) is 0 Å². The molecule has 0 saturated heterocycles. The van der Waals surface area contributed by atoms with Crippen LogP contribution in [-0.4, -0.2) is 28.8 Å². The Kier molecular flexibility index (Phi) is 4.05. The van der Waals surface area contributed by atoms with Gasteiger partial charge >= 0.3 is 6.03 Å². The molecule has 1 heterocycles. The van der Waals surface area contributed by atoms with Crippen LogP contribution in [0.1, 0.15) is 12.5 Å². The number of hydrogen-bond acceptors (Lipinski definition) is 3. The molecule has 0 spiro atoms. The molecule has 2 amide bonds. The van der Waals surface area contributed by atoms with Gasteiger partial charge in [-0.2, -0.15) is 0 Å². The average Bonchev–Trinajstić information content (AvgIpc) is 2.40. The lowest BCUT2D eigenvalue weighted by Crippen LogP contribution is -2.35. The van der Waals surface area contributed by atoms with Gasteiger partial charge in [0.2, 0.25) is 5.43 Å². The van der Waals surface area contributed by atoms with Crippen molar-refractivity contribution in [3.8, 4) is 0 Å². The molecule has 0 bridgehead atoms. The van der Waals surface area contributed by atoms with Gasteiger partial charge in [0.15, 0.2) is 0 Å². The molecule has 1 atom stereocenters. The van der Waals surface area contributed by atoms with Crippen LogP contribution in [0.4, 0.5) is 10.5 Å². The fraction of sp³-hybridized carbons (Fsp3) is 0.286. The van der Waals surface area contributed by atoms with E-state index in [0.29, 0.717) is 5.39 Å². The van der Waals surface area contributed by atoms with E-state index in [0.717, 1.165) is 11.1 Å². The SMILES string of the molecule is Cc1ccc2[nH]cc(NC(=O)NCC(C)O)c(=O)c2c1. The molecule has 4 N–H and O–H groups in total. The molecule has 20 heavy (non-hydrogen) atoms. The van der Waals surface area contributed by atoms with Gasteiger partial charge < -0.3 is 20.7 Å². The predicted molar refractivity (Wildman–Crippen MR) is 78.0 cm³/mol. The average molecular weight is 275 g/mol. The van der Waals surface area contributed by atoms with Crippen LogP contribution in [0, 0.1) is 6.92 Å². The van der Waals surface area contributed by atoms with E-state index in [-0.39, 0.29) is 17.7 Å². The highest BCUT2D eigenvalue weighted by molar-refractivity contribution is 5.92. The molecule has 1 aromatic carbocycles. The summed E-state index contributed by atoms with van der Waals surface area (Å²) in [6.45, 7) is 3.58. The van der Waals surface area contributed by atoms with Crippen molar-refractivity contribution in [2.24, 2.45) is 0 Å². The zero-order valence-electron chi connectivity index (χ0n) is 11.4. The smallest absolute Gasteiger partial charge is 0.319 e. The summed E-state index contributed by atoms with van der Waals surface area (Å²) in [5, 5.41) is 14.5. The minimum Gasteiger partial charge on any atom is -0.392 e. The van der Waals surface area contributed by atoms with Crippen molar-refractivity contribution in [2.75, 3.05) is 11.9 Å². The standard InChI is InChI=1S/C14H17N3O3/c1-8-3-4-11-10(5-8)13(19)12(7-15-11)17-14(20)16-6-9(2)18/h3-5,7,9,18H,6H2,1-2H3,(H,15,19)(H2,16,17,20). The van der Waals surface area contributed by atoms with Crippen molar-refractivity contribution in [2.45, 2.75) is 20.0 Å². The van der Waals surface area contributed by atoms with Crippen LogP contribution in [-0.2, 0) is 0 Å². The number of aryl methyl sites for hydroxylation is 1. The van der Waals surface area contributed by atoms with Gasteiger partial charge in [-0.1, -0.05) is 11.6 Å². The topological polar surface area (TPSA) is 94.2 Å². The Hall–Kier alpha value is -2.34. The van der Waals surface area contributed by atoms with Crippen LogP contribution < -0.4 is 16.1 Å². The Bertz CT molecular complexity index is 692. The molecule has 1 unspecified atom stereocenters. The highest BCUT2D eigenvalue weighted by Gasteiger charge is 2.09. The number of urea groups is 1. The molecule has 0 fully saturated rings. The van der Waals surface area contributed by atoms with E-state index in [1.54, 1.807) is 13.0 Å². The van der Waals surface area contributed by atoms with E-state index in [1.807, 2.05) is 19.1 Å². The number of carbonyl (C=O) groups excluding carboxylic acids is 1. The fourth-order valence-electron chi connectivity index (χ4n) is 1.83. The molecule has 0 aliphatic rings. The Morgan fingerprint density at radius 2 is 2.20 bits per heavy atom. The second-order valence-corrected chi connectivity index (χ2v) is 4.76. The molecule has 1 aromatic heterocycles. The predicted octanol–water partition coefficient (Wildman–Crippen LogP) is 1.34. The molecule has 0 aliphatic heterocycles. The first kappa shape index (κ1) is 14.1. The Morgan fingerprint density at radius 3 is 2.90 bits per heavy atom. The normalized spacial score (nSPS) is 12.2. The Balaban J connectivity index is 2.25. The lowest BCUT2D eigenvalue weighted by Gasteiger charge is -2.09. The van der Waals surface area contributed by atoms with Gasteiger partial charge in [0.1, 0.15) is 5.69 Å². The number of nitrogens with one attached hydrogen (secondary N) is 3. The summed E-state index contributed by atoms with van der Waals surface area (Å²) in [6, 6.07) is 4.97. The summed E-state index contributed by atoms with van der Waals surface area (Å²) in [5.74, 6) is 0. The third kappa shape index (κ3) is 3.16. The van der Waals surface area contributed by atoms with Gasteiger partial charge in [0, 0.05) is 23.6 Å². The van der Waals surface area contributed by atoms with E-state index in [2.05, 4.69) is 15.6 Å². The van der Waals surface area contributed by atoms with Crippen molar-refractivity contribution in [1.82, 2.24) is 10.3 Å². The number of carbonyl (C=O) groups is 1. The number of hydrogen-bond donors (Lipinski definition) is 4. The molecule has 0 aliphatic carbocycles. The van der Waals surface area contributed by atoms with E-state index in [1.165, 1.54) is 6.20 Å². The number of fused-ring (bicyclic) bond motifs is 1. The van der Waals surface area contributed by atoms with Crippen LogP contribution in [0.3, 0.4) is 0 Å². The summed E-state index contributed by atoms with van der Waals surface area (Å²) in [6.07, 6.45) is 0.820. The van der Waals surface area contributed by atoms with Crippen molar-refractivity contribution >= 4 is 22.6 Å². The van der Waals surface area contributed by atoms with Crippen molar-refractivity contribution < 1.29 is 9.90 Å². The molecule has 0 radical (unpaired) electrons. The lowest BCUT2D eigenvalue weighted by molar-refractivity contribution is 0.190. The van der Waals surface area contributed by atoms with Crippen molar-refractivity contribution in [3.63, 3.8) is 0 Å². The molecule has 2 aromatic rings. The molecule has 0 saturated carbocycles. The molecule has 2 rings (SSSR count). The van der Waals surface area contributed by atoms with Gasteiger partial charge in [0.05, 0.1) is 6.10 Å². The zero-order valence-corrected chi connectivity index (χ0v) is 11.4. The van der Waals surface area contributed by atoms with E-state index in [4.69, 9.17) is 5.11 Å². The number of rotatable bonds is 3. The minimum absolute atomic E-state index is 0.121. The highest BCUT2D eigenvalue weighted by Crippen LogP contribution is 2.12. The minimum atomic E-state index is -0.640. The van der Waals surface area contributed by atoms with Crippen LogP contribution >= 0.6 is 0 Å². The van der Waals surface area contributed by atoms with E-state index in [9.17, 15) is 9.59 Å². The lowest BCUT2D eigenvalue weighted by atomic mass is 10.1. The summed E-state index contributed by atoms with van der Waals surface area (Å²) in [7, 11) is 0. The van der Waals surface area contributed by atoms with Gasteiger partial charge in [-0.25, -0.2) is 4.79 Å². The molecule has 106 valence electrons. The Morgan fingerprint density at radius 1 is 1.45 bits per heavy atom. The zero-order chi connectivity index (χ0) is 14.7. The van der Waals surface area contributed by atoms with Crippen molar-refractivity contribution in [3.05, 3.63) is 40.2 Å². The number of aliphatic hydroxyl groups excluding tert-OH is 1. The summed E-state index contributed by atoms with van der Waals surface area (Å²) < 4.78 is 0. The quantitative estimate of drug-likeness (QED) is 0.681. The first-order valence-corrected chi connectivity index (χ1v) is 6.32. The number of aromatic amines is 1. The van der Waals surface area contributed by atoms with Gasteiger partial charge in [0.25, 0.3) is 0 Å². The van der Waals surface area contributed by atoms with Crippen LogP contribution in [0.2, 0.25) is 0 Å². The van der Waals surface area contributed by atoms with Gasteiger partial charge in [-0.15, -0.1) is 0 Å². The molecular formula is C14H17N3O3. The highest BCUT2D eigenvalue weighted by atomic mass is 16.3. The van der Waals surface area contributed by atoms with Crippen LogP contribution in [0.25, 0.3) is 10.9 Å². The second-order valence-electron chi connectivity index (χ2n) is 4.76. The van der Waals surface area contributed by atoms with E-state index >= 15 is 0 Å². The molecule has 6 heteroatoms. The number of pyridine rings is 1. The maximum atomic E-state index is 12.2. The summed E-state index contributed by atoms with van der Waals surface area (Å²) in [5.41, 5.74) is 1.62. The number of aliphatic hydroxyl groups is 1. The maximum absolute atomic E-state index is 12.2. The first-order valence-electron chi connectivity index (χ1n) is 6.32. The maximum Gasteiger partial charge on any atom is 0.319 e. The van der Waals surface area contributed by atoms with Gasteiger partial charge in [-0.3, -0.25) is 4.79 Å². The van der Waals surface area contributed by atoms with Crippen LogP contribution in [0.15, 0.2) is 29.2 Å². The fourth-order valence-corrected chi connectivity index (χ4v) is 1.83. The number of H-pyrrole nitrogens is 1. The molecular weight excluding hydrogens is 258 g/mol. The number of amides is 2. The van der Waals surface area contributed by atoms with Crippen molar-refractivity contribution in [1.29, 1.82) is 0 Å². The molecule has 6 nitrogen and oxygen atoms in total. The van der Waals surface area contributed by atoms with E-state index < -0.39 is 12.1 Å². The largest absolute Gasteiger partial charge is 0.392 e. The monoisotopic (exact) mass is 275 g/mol. The third-order valence-corrected chi connectivity index (χ3v) is 2.84. The Labute approximate surface area is 115 Å². The number of benzene rings is 1. The summed E-state index contributed by atoms with van der Waals surface area (Å²) in [4.78, 5) is 26.8. The summed E-state index contributed by atoms with van der Waals surface area (Å²) >= 11 is 0. The van der Waals surface area contributed by atoms with Gasteiger partial charge in [-0.05, 0) is 26.0 Å². The number of aromatic nitrogens is 1. The first-order chi connectivity index (χ1) is 9.47. The number of anilines is 1. The third-order valence-electron chi connectivity index (χ3n) is 2.84.